The number of amides is 1. The van der Waals surface area contributed by atoms with Gasteiger partial charge in [0.2, 0.25) is 5.91 Å². The topological polar surface area (TPSA) is 29.1 Å². The van der Waals surface area contributed by atoms with Gasteiger partial charge < -0.3 is 5.32 Å². The molecule has 0 radical (unpaired) electrons. The maximum Gasteiger partial charge on any atom is 0.220 e. The van der Waals surface area contributed by atoms with E-state index in [2.05, 4.69) is 17.4 Å². The molecule has 3 heteroatoms. The van der Waals surface area contributed by atoms with Crippen molar-refractivity contribution < 1.29 is 4.79 Å². The highest BCUT2D eigenvalue weighted by molar-refractivity contribution is 6.17. The van der Waals surface area contributed by atoms with Crippen LogP contribution in [0.4, 0.5) is 0 Å². The van der Waals surface area contributed by atoms with Gasteiger partial charge in [-0.05, 0) is 11.1 Å². The highest BCUT2D eigenvalue weighted by atomic mass is 35.5. The molecule has 1 aliphatic rings. The summed E-state index contributed by atoms with van der Waals surface area (Å²) in [6.07, 6.45) is 0.611. The first kappa shape index (κ1) is 9.53. The predicted molar refractivity (Wildman–Crippen MR) is 56.4 cm³/mol. The van der Waals surface area contributed by atoms with Crippen LogP contribution in [0, 0.1) is 0 Å². The van der Waals surface area contributed by atoms with E-state index in [1.807, 2.05) is 12.1 Å². The summed E-state index contributed by atoms with van der Waals surface area (Å²) in [4.78, 5) is 11.0. The van der Waals surface area contributed by atoms with Gasteiger partial charge in [0.05, 0.1) is 0 Å². The van der Waals surface area contributed by atoms with Crippen molar-refractivity contribution in [1.82, 2.24) is 5.32 Å². The first-order valence-electron chi connectivity index (χ1n) is 4.71. The number of benzene rings is 1. The Morgan fingerprint density at radius 1 is 1.36 bits per heavy atom. The Morgan fingerprint density at radius 3 is 2.57 bits per heavy atom. The van der Waals surface area contributed by atoms with E-state index in [-0.39, 0.29) is 5.91 Å². The smallest absolute Gasteiger partial charge is 0.220 e. The van der Waals surface area contributed by atoms with Crippen molar-refractivity contribution in [2.45, 2.75) is 18.2 Å². The van der Waals surface area contributed by atoms with Crippen LogP contribution < -0.4 is 5.32 Å². The zero-order chi connectivity index (χ0) is 9.97. The summed E-state index contributed by atoms with van der Waals surface area (Å²) in [6, 6.07) is 8.15. The average molecular weight is 210 g/mol. The largest absolute Gasteiger partial charge is 0.355 e. The number of carbonyl (C=O) groups is 1. The van der Waals surface area contributed by atoms with Crippen LogP contribution in [0.15, 0.2) is 24.3 Å². The summed E-state index contributed by atoms with van der Waals surface area (Å²) in [6.45, 7) is 0.763. The minimum Gasteiger partial charge on any atom is -0.355 e. The van der Waals surface area contributed by atoms with Crippen LogP contribution in [0.1, 0.15) is 23.5 Å². The van der Waals surface area contributed by atoms with Gasteiger partial charge in [0, 0.05) is 24.8 Å². The van der Waals surface area contributed by atoms with E-state index >= 15 is 0 Å². The number of hydrogen-bond acceptors (Lipinski definition) is 1. The molecule has 14 heavy (non-hydrogen) atoms. The fourth-order valence-corrected chi connectivity index (χ4v) is 1.90. The van der Waals surface area contributed by atoms with Crippen LogP contribution in [0.5, 0.6) is 0 Å². The van der Waals surface area contributed by atoms with E-state index in [4.69, 9.17) is 11.6 Å². The molecular formula is C11H12ClNO. The molecule has 1 aromatic rings. The SMILES string of the molecule is O=C1C[C@H](c2ccc(CCl)cc2)CN1. The van der Waals surface area contributed by atoms with Gasteiger partial charge >= 0.3 is 0 Å². The van der Waals surface area contributed by atoms with Crippen LogP contribution in [0.2, 0.25) is 0 Å². The third kappa shape index (κ3) is 1.90. The third-order valence-electron chi connectivity index (χ3n) is 2.58. The molecule has 2 rings (SSSR count). The standard InChI is InChI=1S/C11H12ClNO/c12-6-8-1-3-9(4-2-8)10-5-11(14)13-7-10/h1-4,10H,5-7H2,(H,13,14)/t10-/m0/s1. The molecular weight excluding hydrogens is 198 g/mol. The molecule has 1 amide bonds. The summed E-state index contributed by atoms with van der Waals surface area (Å²) in [5, 5.41) is 2.83. The zero-order valence-electron chi connectivity index (χ0n) is 7.79. The van der Waals surface area contributed by atoms with Gasteiger partial charge in [-0.15, -0.1) is 11.6 Å². The number of nitrogens with one attached hydrogen (secondary N) is 1. The van der Waals surface area contributed by atoms with Crippen LogP contribution in [-0.2, 0) is 10.7 Å². The van der Waals surface area contributed by atoms with Crippen molar-refractivity contribution in [2.24, 2.45) is 0 Å². The van der Waals surface area contributed by atoms with Gasteiger partial charge in [0.1, 0.15) is 0 Å². The number of carbonyl (C=O) groups excluding carboxylic acids is 1. The molecule has 0 aromatic heterocycles. The van der Waals surface area contributed by atoms with E-state index in [0.29, 0.717) is 18.2 Å². The second kappa shape index (κ2) is 4.01. The van der Waals surface area contributed by atoms with E-state index in [0.717, 1.165) is 12.1 Å². The Morgan fingerprint density at radius 2 is 2.07 bits per heavy atom. The van der Waals surface area contributed by atoms with Crippen LogP contribution in [0.3, 0.4) is 0 Å². The fourth-order valence-electron chi connectivity index (χ4n) is 1.72. The van der Waals surface area contributed by atoms with E-state index in [1.54, 1.807) is 0 Å². The van der Waals surface area contributed by atoms with Crippen molar-refractivity contribution >= 4 is 17.5 Å². The lowest BCUT2D eigenvalue weighted by molar-refractivity contribution is -0.119. The van der Waals surface area contributed by atoms with Crippen molar-refractivity contribution in [3.05, 3.63) is 35.4 Å². The van der Waals surface area contributed by atoms with Gasteiger partial charge in [-0.3, -0.25) is 4.79 Å². The maximum atomic E-state index is 11.0. The lowest BCUT2D eigenvalue weighted by atomic mass is 9.97. The summed E-state index contributed by atoms with van der Waals surface area (Å²) in [5.74, 6) is 1.03. The number of halogens is 1. The second-order valence-corrected chi connectivity index (χ2v) is 3.85. The Labute approximate surface area is 88.3 Å². The van der Waals surface area contributed by atoms with E-state index in [1.165, 1.54) is 5.56 Å². The van der Waals surface area contributed by atoms with Crippen molar-refractivity contribution in [3.63, 3.8) is 0 Å². The molecule has 1 saturated heterocycles. The first-order chi connectivity index (χ1) is 6.79. The van der Waals surface area contributed by atoms with Gasteiger partial charge in [-0.2, -0.15) is 0 Å². The fraction of sp³-hybridized carbons (Fsp3) is 0.364. The van der Waals surface area contributed by atoms with Crippen molar-refractivity contribution in [2.75, 3.05) is 6.54 Å². The zero-order valence-corrected chi connectivity index (χ0v) is 8.55. The number of alkyl halides is 1. The highest BCUT2D eigenvalue weighted by Crippen LogP contribution is 2.23. The van der Waals surface area contributed by atoms with Crippen LogP contribution in [0.25, 0.3) is 0 Å². The molecule has 1 fully saturated rings. The molecule has 1 atom stereocenters. The molecule has 0 saturated carbocycles. The van der Waals surface area contributed by atoms with Gasteiger partial charge in [0.25, 0.3) is 0 Å². The molecule has 1 N–H and O–H groups in total. The lowest BCUT2D eigenvalue weighted by Crippen LogP contribution is -2.13. The minimum absolute atomic E-state index is 0.149. The molecule has 1 heterocycles. The van der Waals surface area contributed by atoms with E-state index in [9.17, 15) is 4.79 Å². The minimum atomic E-state index is 0.149. The number of hydrogen-bond donors (Lipinski definition) is 1. The van der Waals surface area contributed by atoms with Gasteiger partial charge in [-0.25, -0.2) is 0 Å². The molecule has 74 valence electrons. The molecule has 2 nitrogen and oxygen atoms in total. The van der Waals surface area contributed by atoms with Crippen molar-refractivity contribution in [3.8, 4) is 0 Å². The van der Waals surface area contributed by atoms with Crippen LogP contribution in [-0.4, -0.2) is 12.5 Å². The Hall–Kier alpha value is -1.02. The van der Waals surface area contributed by atoms with E-state index < -0.39 is 0 Å². The van der Waals surface area contributed by atoms with Crippen LogP contribution >= 0.6 is 11.6 Å². The lowest BCUT2D eigenvalue weighted by Gasteiger charge is -2.07. The summed E-state index contributed by atoms with van der Waals surface area (Å²) >= 11 is 5.70. The normalized spacial score (nSPS) is 20.9. The highest BCUT2D eigenvalue weighted by Gasteiger charge is 2.22. The molecule has 0 bridgehead atoms. The summed E-state index contributed by atoms with van der Waals surface area (Å²) in [5.41, 5.74) is 2.34. The molecule has 0 aliphatic carbocycles. The third-order valence-corrected chi connectivity index (χ3v) is 2.89. The molecule has 0 spiro atoms. The number of rotatable bonds is 2. The van der Waals surface area contributed by atoms with Gasteiger partial charge in [-0.1, -0.05) is 24.3 Å². The quantitative estimate of drug-likeness (QED) is 0.742. The molecule has 1 aromatic carbocycles. The predicted octanol–water partition coefficient (Wildman–Crippen LogP) is 2.03. The average Bonchev–Trinajstić information content (AvgIpc) is 2.65. The molecule has 1 aliphatic heterocycles. The monoisotopic (exact) mass is 209 g/mol. The van der Waals surface area contributed by atoms with Gasteiger partial charge in [0.15, 0.2) is 0 Å². The Balaban J connectivity index is 2.13. The Bertz CT molecular complexity index is 334. The maximum absolute atomic E-state index is 11.0. The molecule has 0 unspecified atom stereocenters. The summed E-state index contributed by atoms with van der Waals surface area (Å²) < 4.78 is 0. The second-order valence-electron chi connectivity index (χ2n) is 3.58. The summed E-state index contributed by atoms with van der Waals surface area (Å²) in [7, 11) is 0. The van der Waals surface area contributed by atoms with Crippen molar-refractivity contribution in [1.29, 1.82) is 0 Å². The Kier molecular flexibility index (Phi) is 2.73. The first-order valence-corrected chi connectivity index (χ1v) is 5.24.